The largest absolute Gasteiger partial charge is 0.478 e. The smallest absolute Gasteiger partial charge is 0.337 e. The summed E-state index contributed by atoms with van der Waals surface area (Å²) in [6, 6.07) is 17.9. The minimum absolute atomic E-state index is 0.382. The highest BCUT2D eigenvalue weighted by molar-refractivity contribution is 9.10. The number of nitrogens with one attached hydrogen (secondary N) is 1. The van der Waals surface area contributed by atoms with Gasteiger partial charge in [0, 0.05) is 40.2 Å². The average Bonchev–Trinajstić information content (AvgIpc) is 2.86. The van der Waals surface area contributed by atoms with Crippen molar-refractivity contribution < 1.29 is 9.90 Å². The number of halogens is 1. The average molecular weight is 413 g/mol. The van der Waals surface area contributed by atoms with E-state index in [1.165, 1.54) is 0 Å². The van der Waals surface area contributed by atoms with Gasteiger partial charge in [0.2, 0.25) is 0 Å². The van der Waals surface area contributed by atoms with Gasteiger partial charge >= 0.3 is 5.97 Å². The summed E-state index contributed by atoms with van der Waals surface area (Å²) in [5, 5.41) is 13.1. The van der Waals surface area contributed by atoms with Gasteiger partial charge in [0.1, 0.15) is 0 Å². The quantitative estimate of drug-likeness (QED) is 0.608. The number of carboxylic acid groups (broad SMARTS) is 1. The van der Waals surface area contributed by atoms with Crippen LogP contribution < -0.4 is 5.32 Å². The zero-order valence-corrected chi connectivity index (χ0v) is 16.4. The van der Waals surface area contributed by atoms with Crippen molar-refractivity contribution in [3.05, 3.63) is 87.1 Å². The molecule has 134 valence electrons. The lowest BCUT2D eigenvalue weighted by Crippen LogP contribution is -2.15. The van der Waals surface area contributed by atoms with E-state index < -0.39 is 5.97 Å². The fourth-order valence-electron chi connectivity index (χ4n) is 3.34. The van der Waals surface area contributed by atoms with Crippen LogP contribution in [0.3, 0.4) is 0 Å². The first kappa shape index (κ1) is 18.4. The second-order valence-electron chi connectivity index (χ2n) is 6.23. The van der Waals surface area contributed by atoms with Crippen molar-refractivity contribution in [3.8, 4) is 5.69 Å². The first-order valence-electron chi connectivity index (χ1n) is 8.43. The summed E-state index contributed by atoms with van der Waals surface area (Å²) >= 11 is 3.47. The van der Waals surface area contributed by atoms with Crippen LogP contribution in [0.25, 0.3) is 5.69 Å². The Balaban J connectivity index is 1.90. The van der Waals surface area contributed by atoms with Crippen LogP contribution in [0.1, 0.15) is 32.9 Å². The van der Waals surface area contributed by atoms with Crippen molar-refractivity contribution in [1.82, 2.24) is 9.88 Å². The number of nitrogens with zero attached hydrogens (tertiary/aromatic N) is 1. The van der Waals surface area contributed by atoms with Crippen molar-refractivity contribution in [1.29, 1.82) is 0 Å². The topological polar surface area (TPSA) is 54.3 Å². The summed E-state index contributed by atoms with van der Waals surface area (Å²) in [6.45, 7) is 5.01. The predicted octanol–water partition coefficient (Wildman–Crippen LogP) is 4.84. The van der Waals surface area contributed by atoms with Gasteiger partial charge in [-0.3, -0.25) is 0 Å². The third kappa shape index (κ3) is 3.74. The van der Waals surface area contributed by atoms with Crippen LogP contribution in [0.2, 0.25) is 0 Å². The molecule has 0 fully saturated rings. The normalized spacial score (nSPS) is 10.9. The lowest BCUT2D eigenvalue weighted by Gasteiger charge is -2.10. The van der Waals surface area contributed by atoms with Gasteiger partial charge in [0.25, 0.3) is 0 Å². The van der Waals surface area contributed by atoms with Crippen LogP contribution in [0.15, 0.2) is 59.1 Å². The molecule has 0 saturated carbocycles. The molecule has 0 aliphatic heterocycles. The molecule has 0 aliphatic carbocycles. The van der Waals surface area contributed by atoms with Gasteiger partial charge in [-0.05, 0) is 43.7 Å². The van der Waals surface area contributed by atoms with Crippen molar-refractivity contribution >= 4 is 21.9 Å². The number of carbonyl (C=O) groups is 1. The van der Waals surface area contributed by atoms with Crippen molar-refractivity contribution in [2.75, 3.05) is 0 Å². The third-order valence-corrected chi connectivity index (χ3v) is 5.01. The van der Waals surface area contributed by atoms with Crippen LogP contribution in [0.4, 0.5) is 0 Å². The van der Waals surface area contributed by atoms with Gasteiger partial charge in [0.15, 0.2) is 0 Å². The van der Waals surface area contributed by atoms with Crippen LogP contribution in [0, 0.1) is 13.8 Å². The summed E-state index contributed by atoms with van der Waals surface area (Å²) in [7, 11) is 0. The molecular formula is C21H21BrN2O2. The molecule has 26 heavy (non-hydrogen) atoms. The molecule has 0 aliphatic rings. The maximum absolute atomic E-state index is 11.9. The van der Waals surface area contributed by atoms with E-state index in [0.29, 0.717) is 18.7 Å². The zero-order valence-electron chi connectivity index (χ0n) is 14.8. The van der Waals surface area contributed by atoms with E-state index in [-0.39, 0.29) is 0 Å². The standard InChI is InChI=1S/C21H21BrN2O2/c1-14-19(13-23-12-16-7-6-8-17(22)11-16)20(21(25)26)15(2)24(14)18-9-4-3-5-10-18/h3-11,23H,12-13H2,1-2H3,(H,25,26). The van der Waals surface area contributed by atoms with Crippen LogP contribution in [-0.2, 0) is 13.1 Å². The molecule has 0 unspecified atom stereocenters. The second-order valence-corrected chi connectivity index (χ2v) is 7.15. The molecule has 0 amide bonds. The van der Waals surface area contributed by atoms with Crippen LogP contribution in [0.5, 0.6) is 0 Å². The molecule has 5 heteroatoms. The number of hydrogen-bond acceptors (Lipinski definition) is 2. The predicted molar refractivity (Wildman–Crippen MR) is 107 cm³/mol. The van der Waals surface area contributed by atoms with Gasteiger partial charge in [-0.25, -0.2) is 4.79 Å². The molecule has 0 radical (unpaired) electrons. The zero-order chi connectivity index (χ0) is 18.7. The number of para-hydroxylation sites is 1. The maximum Gasteiger partial charge on any atom is 0.337 e. The van der Waals surface area contributed by atoms with Crippen molar-refractivity contribution in [2.24, 2.45) is 0 Å². The second kappa shape index (κ2) is 7.89. The number of aromatic carboxylic acids is 1. The van der Waals surface area contributed by atoms with Crippen molar-refractivity contribution in [3.63, 3.8) is 0 Å². The summed E-state index contributed by atoms with van der Waals surface area (Å²) in [4.78, 5) is 11.9. The Hall–Kier alpha value is -2.37. The summed E-state index contributed by atoms with van der Waals surface area (Å²) < 4.78 is 3.05. The monoisotopic (exact) mass is 412 g/mol. The van der Waals surface area contributed by atoms with Gasteiger partial charge in [0.05, 0.1) is 5.56 Å². The number of carboxylic acids is 1. The number of aromatic nitrogens is 1. The Bertz CT molecular complexity index is 933. The Kier molecular flexibility index (Phi) is 5.59. The van der Waals surface area contributed by atoms with Crippen LogP contribution >= 0.6 is 15.9 Å². The summed E-state index contributed by atoms with van der Waals surface area (Å²) in [6.07, 6.45) is 0. The van der Waals surface area contributed by atoms with Gasteiger partial charge in [-0.15, -0.1) is 0 Å². The molecule has 4 nitrogen and oxygen atoms in total. The van der Waals surface area contributed by atoms with E-state index >= 15 is 0 Å². The fraction of sp³-hybridized carbons (Fsp3) is 0.190. The highest BCUT2D eigenvalue weighted by Gasteiger charge is 2.22. The van der Waals surface area contributed by atoms with E-state index in [9.17, 15) is 9.90 Å². The molecule has 2 N–H and O–H groups in total. The fourth-order valence-corrected chi connectivity index (χ4v) is 3.79. The minimum Gasteiger partial charge on any atom is -0.478 e. The van der Waals surface area contributed by atoms with Gasteiger partial charge in [-0.1, -0.05) is 46.3 Å². The van der Waals surface area contributed by atoms with Gasteiger partial charge < -0.3 is 15.0 Å². The molecule has 0 spiro atoms. The Morgan fingerprint density at radius 2 is 1.77 bits per heavy atom. The van der Waals surface area contributed by atoms with E-state index in [2.05, 4.69) is 27.3 Å². The lowest BCUT2D eigenvalue weighted by atomic mass is 10.1. The highest BCUT2D eigenvalue weighted by Crippen LogP contribution is 2.26. The summed E-state index contributed by atoms with van der Waals surface area (Å²) in [5.41, 5.74) is 5.03. The molecule has 0 atom stereocenters. The maximum atomic E-state index is 11.9. The molecule has 0 saturated heterocycles. The van der Waals surface area contributed by atoms with E-state index in [1.54, 1.807) is 0 Å². The number of hydrogen-bond donors (Lipinski definition) is 2. The third-order valence-electron chi connectivity index (χ3n) is 4.52. The molecule has 2 aromatic carbocycles. The molecule has 3 aromatic rings. The Morgan fingerprint density at radius 1 is 1.04 bits per heavy atom. The summed E-state index contributed by atoms with van der Waals surface area (Å²) in [5.74, 6) is -0.889. The van der Waals surface area contributed by atoms with E-state index in [1.807, 2.05) is 66.9 Å². The van der Waals surface area contributed by atoms with Crippen molar-refractivity contribution in [2.45, 2.75) is 26.9 Å². The molecule has 3 rings (SSSR count). The lowest BCUT2D eigenvalue weighted by molar-refractivity contribution is 0.0695. The molecule has 1 aromatic heterocycles. The van der Waals surface area contributed by atoms with Gasteiger partial charge in [-0.2, -0.15) is 0 Å². The first-order chi connectivity index (χ1) is 12.5. The number of rotatable bonds is 6. The molecule has 1 heterocycles. The Morgan fingerprint density at radius 3 is 2.42 bits per heavy atom. The highest BCUT2D eigenvalue weighted by atomic mass is 79.9. The minimum atomic E-state index is -0.889. The first-order valence-corrected chi connectivity index (χ1v) is 9.23. The molecule has 0 bridgehead atoms. The SMILES string of the molecule is Cc1c(CNCc2cccc(Br)c2)c(C(=O)O)c(C)n1-c1ccccc1. The van der Waals surface area contributed by atoms with Crippen LogP contribution in [-0.4, -0.2) is 15.6 Å². The Labute approximate surface area is 161 Å². The molecular weight excluding hydrogens is 392 g/mol. The number of benzene rings is 2. The van der Waals surface area contributed by atoms with E-state index in [4.69, 9.17) is 0 Å². The van der Waals surface area contributed by atoms with E-state index in [0.717, 1.165) is 32.7 Å².